The van der Waals surface area contributed by atoms with Gasteiger partial charge in [0.15, 0.2) is 18.1 Å². The summed E-state index contributed by atoms with van der Waals surface area (Å²) in [4.78, 5) is 41.9. The van der Waals surface area contributed by atoms with E-state index in [9.17, 15) is 19.5 Å². The van der Waals surface area contributed by atoms with Gasteiger partial charge in [-0.2, -0.15) is 0 Å². The van der Waals surface area contributed by atoms with Crippen LogP contribution < -0.4 is 34.3 Å². The van der Waals surface area contributed by atoms with Gasteiger partial charge in [0.1, 0.15) is 23.4 Å². The number of nitrogens with one attached hydrogen (secondary N) is 2. The van der Waals surface area contributed by atoms with Gasteiger partial charge in [0.25, 0.3) is 17.7 Å². The van der Waals surface area contributed by atoms with Gasteiger partial charge in [-0.05, 0) is 65.7 Å². The first-order valence-corrected chi connectivity index (χ1v) is 15.7. The third kappa shape index (κ3) is 7.33. The van der Waals surface area contributed by atoms with Gasteiger partial charge in [-0.1, -0.05) is 24.3 Å². The van der Waals surface area contributed by atoms with Crippen molar-refractivity contribution < 1.29 is 43.2 Å². The number of nitrogens with zero attached hydrogens (tertiary/aromatic N) is 1. The zero-order valence-electron chi connectivity index (χ0n) is 27.4. The highest BCUT2D eigenvalue weighted by Gasteiger charge is 2.35. The maximum atomic E-state index is 13.9. The number of carbonyl (C=O) groups is 3. The Morgan fingerprint density at radius 3 is 2.31 bits per heavy atom. The fourth-order valence-electron chi connectivity index (χ4n) is 5.94. The van der Waals surface area contributed by atoms with Gasteiger partial charge in [-0.15, -0.1) is 0 Å². The monoisotopic (exact) mass is 667 g/mol. The van der Waals surface area contributed by atoms with Crippen LogP contribution in [-0.2, 0) is 11.3 Å². The summed E-state index contributed by atoms with van der Waals surface area (Å²) < 4.78 is 28.3. The minimum Gasteiger partial charge on any atom is -0.502 e. The molecule has 7 rings (SSSR count). The Balaban J connectivity index is 1.34. The van der Waals surface area contributed by atoms with Crippen LogP contribution in [0.2, 0.25) is 0 Å². The van der Waals surface area contributed by atoms with Crippen LogP contribution in [0.5, 0.6) is 34.5 Å². The first-order chi connectivity index (χ1) is 23.8. The quantitative estimate of drug-likeness (QED) is 0.292. The predicted octanol–water partition coefficient (Wildman–Crippen LogP) is 4.19. The Labute approximate surface area is 283 Å². The summed E-state index contributed by atoms with van der Waals surface area (Å²) in [7, 11) is 4.34. The van der Waals surface area contributed by atoms with Crippen molar-refractivity contribution in [1.29, 1.82) is 0 Å². The fourth-order valence-corrected chi connectivity index (χ4v) is 5.94. The highest BCUT2D eigenvalue weighted by molar-refractivity contribution is 5.97. The Morgan fingerprint density at radius 1 is 0.857 bits per heavy atom. The average molecular weight is 668 g/mol. The molecule has 0 spiro atoms. The standard InChI is InChI=1S/C37H37N3O9/c1-45-30-12-9-24-16-28(30)23-5-4-6-27(15-23)48-21-34(41)38-19-22-7-10-26(11-8-22)49-31-13-14-40(20-29(31)39-36(24)43)37(44)25-17-32(46-2)35(42)33(18-25)47-3/h4-12,15-18,29,31,42H,13-14,19-21H2,1-3H3,(H,38,41)(H,39,43)/t29-,31-/m1/s1. The van der Waals surface area contributed by atoms with Crippen molar-refractivity contribution in [3.8, 4) is 45.6 Å². The number of benzene rings is 4. The van der Waals surface area contributed by atoms with E-state index in [4.69, 9.17) is 23.7 Å². The molecule has 0 saturated carbocycles. The molecule has 0 aromatic heterocycles. The van der Waals surface area contributed by atoms with E-state index in [2.05, 4.69) is 10.6 Å². The van der Waals surface area contributed by atoms with Crippen LogP contribution in [0.25, 0.3) is 11.1 Å². The van der Waals surface area contributed by atoms with Gasteiger partial charge >= 0.3 is 0 Å². The molecule has 1 fully saturated rings. The lowest BCUT2D eigenvalue weighted by atomic mass is 9.98. The first kappa shape index (κ1) is 33.0. The lowest BCUT2D eigenvalue weighted by Gasteiger charge is -2.39. The second-order valence-electron chi connectivity index (χ2n) is 11.7. The number of amides is 3. The molecule has 3 amide bonds. The number of phenols is 1. The predicted molar refractivity (Wildman–Crippen MR) is 180 cm³/mol. The van der Waals surface area contributed by atoms with E-state index in [0.29, 0.717) is 47.9 Å². The number of ether oxygens (including phenoxy) is 5. The molecule has 3 heterocycles. The van der Waals surface area contributed by atoms with Gasteiger partial charge in [-0.3, -0.25) is 14.4 Å². The van der Waals surface area contributed by atoms with Gasteiger partial charge in [0, 0.05) is 42.7 Å². The first-order valence-electron chi connectivity index (χ1n) is 15.7. The number of rotatable bonds is 4. The Hall–Kier alpha value is -5.91. The molecule has 4 aromatic carbocycles. The van der Waals surface area contributed by atoms with E-state index in [-0.39, 0.29) is 53.7 Å². The van der Waals surface area contributed by atoms with Crippen LogP contribution in [0.4, 0.5) is 0 Å². The molecule has 1 saturated heterocycles. The molecule has 3 aliphatic rings. The van der Waals surface area contributed by atoms with Crippen molar-refractivity contribution in [3.05, 3.63) is 95.6 Å². The highest BCUT2D eigenvalue weighted by atomic mass is 16.5. The van der Waals surface area contributed by atoms with Crippen LogP contribution >= 0.6 is 0 Å². The number of fused-ring (bicyclic) bond motifs is 7. The number of hydrogen-bond acceptors (Lipinski definition) is 9. The van der Waals surface area contributed by atoms with Crippen molar-refractivity contribution >= 4 is 17.7 Å². The SMILES string of the molecule is COc1ccc2cc1-c1cccc(c1)OCC(=O)NCc1ccc(cc1)O[C@@H]1CCN(C(=O)c3cc(OC)c(O)c(OC)c3)C[C@H]1NC2=O. The largest absolute Gasteiger partial charge is 0.502 e. The van der Waals surface area contributed by atoms with Crippen LogP contribution in [0, 0.1) is 0 Å². The molecule has 254 valence electrons. The van der Waals surface area contributed by atoms with Gasteiger partial charge in [0.2, 0.25) is 5.75 Å². The zero-order chi connectivity index (χ0) is 34.5. The summed E-state index contributed by atoms with van der Waals surface area (Å²) in [5.41, 5.74) is 2.89. The van der Waals surface area contributed by atoms with Crippen LogP contribution in [0.1, 0.15) is 32.7 Å². The van der Waals surface area contributed by atoms with E-state index < -0.39 is 12.1 Å². The normalized spacial score (nSPS) is 17.7. The van der Waals surface area contributed by atoms with E-state index in [1.54, 1.807) is 48.4 Å². The second-order valence-corrected chi connectivity index (χ2v) is 11.7. The molecule has 0 unspecified atom stereocenters. The van der Waals surface area contributed by atoms with E-state index in [1.165, 1.54) is 26.4 Å². The van der Waals surface area contributed by atoms with Crippen LogP contribution in [0.15, 0.2) is 78.9 Å². The molecule has 4 aromatic rings. The Morgan fingerprint density at radius 2 is 1.59 bits per heavy atom. The molecule has 0 aliphatic carbocycles. The lowest BCUT2D eigenvalue weighted by molar-refractivity contribution is -0.123. The van der Waals surface area contributed by atoms with Crippen molar-refractivity contribution in [3.63, 3.8) is 0 Å². The minimum atomic E-state index is -0.599. The molecule has 3 N–H and O–H groups in total. The molecule has 2 atom stereocenters. The van der Waals surface area contributed by atoms with E-state index in [0.717, 1.165) is 11.1 Å². The topological polar surface area (TPSA) is 145 Å². The smallest absolute Gasteiger partial charge is 0.258 e. The van der Waals surface area contributed by atoms with Crippen LogP contribution in [0.3, 0.4) is 0 Å². The van der Waals surface area contributed by atoms with E-state index in [1.807, 2.05) is 30.3 Å². The maximum Gasteiger partial charge on any atom is 0.258 e. The molecule has 12 nitrogen and oxygen atoms in total. The highest BCUT2D eigenvalue weighted by Crippen LogP contribution is 2.38. The Bertz CT molecular complexity index is 1840. The summed E-state index contributed by atoms with van der Waals surface area (Å²) in [6.45, 7) is 0.628. The third-order valence-electron chi connectivity index (χ3n) is 8.56. The summed E-state index contributed by atoms with van der Waals surface area (Å²) in [6.07, 6.45) is -0.0544. The van der Waals surface area contributed by atoms with Crippen molar-refractivity contribution in [1.82, 2.24) is 15.5 Å². The number of hydrogen-bond donors (Lipinski definition) is 3. The molecule has 3 aliphatic heterocycles. The summed E-state index contributed by atoms with van der Waals surface area (Å²) in [5, 5.41) is 16.4. The van der Waals surface area contributed by atoms with Crippen molar-refractivity contribution in [2.75, 3.05) is 41.0 Å². The van der Waals surface area contributed by atoms with Crippen molar-refractivity contribution in [2.45, 2.75) is 25.1 Å². The minimum absolute atomic E-state index is 0.104. The number of aromatic hydroxyl groups is 1. The summed E-state index contributed by atoms with van der Waals surface area (Å²) in [5.74, 6) is 0.655. The Kier molecular flexibility index (Phi) is 9.74. The molecule has 6 bridgehead atoms. The molecule has 12 heteroatoms. The maximum absolute atomic E-state index is 13.9. The van der Waals surface area contributed by atoms with Crippen molar-refractivity contribution in [2.24, 2.45) is 0 Å². The van der Waals surface area contributed by atoms with E-state index >= 15 is 0 Å². The number of phenolic OH excluding ortho intramolecular Hbond substituents is 1. The molecular weight excluding hydrogens is 630 g/mol. The molecule has 0 radical (unpaired) electrons. The molecule has 49 heavy (non-hydrogen) atoms. The number of carbonyl (C=O) groups excluding carboxylic acids is 3. The van der Waals surface area contributed by atoms with Gasteiger partial charge in [-0.25, -0.2) is 0 Å². The molecular formula is C37H37N3O9. The summed E-state index contributed by atoms with van der Waals surface area (Å²) >= 11 is 0. The average Bonchev–Trinajstić information content (AvgIpc) is 3.13. The summed E-state index contributed by atoms with van der Waals surface area (Å²) in [6, 6.07) is 22.0. The number of piperidine rings is 1. The van der Waals surface area contributed by atoms with Crippen LogP contribution in [-0.4, -0.2) is 80.9 Å². The number of likely N-dealkylation sites (tertiary alicyclic amines) is 1. The fraction of sp³-hybridized carbons (Fsp3) is 0.270. The van der Waals surface area contributed by atoms with Gasteiger partial charge < -0.3 is 44.3 Å². The third-order valence-corrected chi connectivity index (χ3v) is 8.56. The lowest BCUT2D eigenvalue weighted by Crippen LogP contribution is -2.58. The second kappa shape index (κ2) is 14.5. The zero-order valence-corrected chi connectivity index (χ0v) is 27.4. The number of methoxy groups -OCH3 is 3. The van der Waals surface area contributed by atoms with Gasteiger partial charge in [0.05, 0.1) is 27.4 Å².